The summed E-state index contributed by atoms with van der Waals surface area (Å²) >= 11 is 7.19. The number of fused-ring (bicyclic) bond motifs is 1. The lowest BCUT2D eigenvalue weighted by Gasteiger charge is -2.14. The van der Waals surface area contributed by atoms with Crippen LogP contribution < -0.4 is 10.9 Å². The van der Waals surface area contributed by atoms with Gasteiger partial charge in [0.1, 0.15) is 5.82 Å². The van der Waals surface area contributed by atoms with E-state index in [2.05, 4.69) is 10.3 Å². The number of hydrogen-bond donors (Lipinski definition) is 1. The fourth-order valence-corrected chi connectivity index (χ4v) is 3.95. The van der Waals surface area contributed by atoms with Crippen molar-refractivity contribution in [1.82, 2.24) is 9.55 Å². The maximum absolute atomic E-state index is 13.2. The van der Waals surface area contributed by atoms with E-state index >= 15 is 0 Å². The summed E-state index contributed by atoms with van der Waals surface area (Å²) in [5.74, 6) is -0.0217. The van der Waals surface area contributed by atoms with Gasteiger partial charge in [-0.25, -0.2) is 9.37 Å². The molecule has 0 aliphatic carbocycles. The SMILES string of the molecule is CC(C)c1cc(=O)n2c(n1)SC[C@H]2CC(=O)Nc1ccc(F)c(Cl)c1. The van der Waals surface area contributed by atoms with Gasteiger partial charge < -0.3 is 5.32 Å². The molecule has 2 heterocycles. The minimum Gasteiger partial charge on any atom is -0.326 e. The highest BCUT2D eigenvalue weighted by atomic mass is 35.5. The van der Waals surface area contributed by atoms with Crippen LogP contribution in [-0.2, 0) is 4.79 Å². The van der Waals surface area contributed by atoms with Gasteiger partial charge in [0.2, 0.25) is 5.91 Å². The molecule has 2 aromatic rings. The second-order valence-electron chi connectivity index (χ2n) is 6.17. The smallest absolute Gasteiger partial charge is 0.254 e. The highest BCUT2D eigenvalue weighted by molar-refractivity contribution is 7.99. The normalized spacial score (nSPS) is 16.1. The van der Waals surface area contributed by atoms with E-state index in [1.807, 2.05) is 13.8 Å². The van der Waals surface area contributed by atoms with Crippen LogP contribution in [0.4, 0.5) is 10.1 Å². The third kappa shape index (κ3) is 3.88. The molecular weight excluding hydrogens is 365 g/mol. The van der Waals surface area contributed by atoms with Gasteiger partial charge in [-0.1, -0.05) is 37.2 Å². The van der Waals surface area contributed by atoms with Gasteiger partial charge >= 0.3 is 0 Å². The van der Waals surface area contributed by atoms with Gasteiger partial charge in [0, 0.05) is 23.9 Å². The van der Waals surface area contributed by atoms with E-state index in [1.54, 1.807) is 4.57 Å². The molecule has 5 nitrogen and oxygen atoms in total. The number of thioether (sulfide) groups is 1. The van der Waals surface area contributed by atoms with Gasteiger partial charge in [-0.3, -0.25) is 14.2 Å². The molecule has 3 rings (SSSR count). The van der Waals surface area contributed by atoms with Gasteiger partial charge in [-0.15, -0.1) is 0 Å². The number of nitrogens with one attached hydrogen (secondary N) is 1. The lowest BCUT2D eigenvalue weighted by Crippen LogP contribution is -2.28. The summed E-state index contributed by atoms with van der Waals surface area (Å²) in [4.78, 5) is 29.2. The Bertz CT molecular complexity index is 885. The van der Waals surface area contributed by atoms with Crippen molar-refractivity contribution >= 4 is 35.0 Å². The van der Waals surface area contributed by atoms with Crippen LogP contribution in [0.3, 0.4) is 0 Å². The molecule has 0 saturated heterocycles. The second kappa shape index (κ2) is 7.17. The Kier molecular flexibility index (Phi) is 5.15. The Hall–Kier alpha value is -1.86. The molecule has 0 fully saturated rings. The van der Waals surface area contributed by atoms with Gasteiger partial charge in [0.05, 0.1) is 16.8 Å². The Morgan fingerprint density at radius 1 is 1.48 bits per heavy atom. The number of nitrogens with zero attached hydrogens (tertiary/aromatic N) is 2. The molecule has 0 bridgehead atoms. The zero-order valence-electron chi connectivity index (χ0n) is 13.8. The first kappa shape index (κ1) is 17.9. The average Bonchev–Trinajstić information content (AvgIpc) is 2.94. The molecule has 0 radical (unpaired) electrons. The number of benzene rings is 1. The first-order chi connectivity index (χ1) is 11.8. The Morgan fingerprint density at radius 2 is 2.24 bits per heavy atom. The standard InChI is InChI=1S/C17H17ClFN3O2S/c1-9(2)14-7-16(24)22-11(8-25-17(22)21-14)6-15(23)20-10-3-4-13(19)12(18)5-10/h3-5,7,9,11H,6,8H2,1-2H3,(H,20,23)/t11-/m1/s1. The molecule has 1 aliphatic rings. The van der Waals surface area contributed by atoms with Crippen molar-refractivity contribution in [1.29, 1.82) is 0 Å². The van der Waals surface area contributed by atoms with Gasteiger partial charge in [-0.05, 0) is 24.1 Å². The summed E-state index contributed by atoms with van der Waals surface area (Å²) in [6.07, 6.45) is 0.137. The van der Waals surface area contributed by atoms with Crippen molar-refractivity contribution in [3.05, 3.63) is 51.2 Å². The number of amides is 1. The molecule has 0 spiro atoms. The van der Waals surface area contributed by atoms with Crippen molar-refractivity contribution in [2.75, 3.05) is 11.1 Å². The molecule has 25 heavy (non-hydrogen) atoms. The van der Waals surface area contributed by atoms with E-state index in [4.69, 9.17) is 11.6 Å². The molecule has 1 amide bonds. The lowest BCUT2D eigenvalue weighted by atomic mass is 10.1. The predicted octanol–water partition coefficient (Wildman–Crippen LogP) is 3.83. The van der Waals surface area contributed by atoms with E-state index < -0.39 is 5.82 Å². The number of halogens is 2. The number of aromatic nitrogens is 2. The van der Waals surface area contributed by atoms with Crippen LogP contribution >= 0.6 is 23.4 Å². The summed E-state index contributed by atoms with van der Waals surface area (Å²) < 4.78 is 14.7. The van der Waals surface area contributed by atoms with Crippen molar-refractivity contribution in [2.45, 2.75) is 37.4 Å². The summed E-state index contributed by atoms with van der Waals surface area (Å²) in [6.45, 7) is 3.97. The number of hydrogen-bond acceptors (Lipinski definition) is 4. The zero-order valence-corrected chi connectivity index (χ0v) is 15.3. The third-order valence-corrected chi connectivity index (χ3v) is 5.31. The highest BCUT2D eigenvalue weighted by Gasteiger charge is 2.28. The van der Waals surface area contributed by atoms with Gasteiger partial charge in [0.25, 0.3) is 5.56 Å². The molecule has 8 heteroatoms. The Balaban J connectivity index is 1.74. The van der Waals surface area contributed by atoms with E-state index in [9.17, 15) is 14.0 Å². The zero-order chi connectivity index (χ0) is 18.1. The Labute approximate surface area is 153 Å². The maximum Gasteiger partial charge on any atom is 0.254 e. The monoisotopic (exact) mass is 381 g/mol. The summed E-state index contributed by atoms with van der Waals surface area (Å²) in [5, 5.41) is 3.28. The van der Waals surface area contributed by atoms with Crippen LogP contribution in [0.2, 0.25) is 5.02 Å². The van der Waals surface area contributed by atoms with Crippen molar-refractivity contribution in [2.24, 2.45) is 0 Å². The molecule has 0 saturated carbocycles. The topological polar surface area (TPSA) is 64.0 Å². The van der Waals surface area contributed by atoms with Crippen molar-refractivity contribution < 1.29 is 9.18 Å². The van der Waals surface area contributed by atoms with E-state index in [1.165, 1.54) is 36.0 Å². The number of carbonyl (C=O) groups is 1. The molecule has 1 aliphatic heterocycles. The van der Waals surface area contributed by atoms with Gasteiger partial charge in [-0.2, -0.15) is 0 Å². The number of rotatable bonds is 4. The van der Waals surface area contributed by atoms with Crippen LogP contribution in [-0.4, -0.2) is 21.2 Å². The molecule has 1 aromatic carbocycles. The second-order valence-corrected chi connectivity index (χ2v) is 7.57. The molecule has 132 valence electrons. The van der Waals surface area contributed by atoms with Gasteiger partial charge in [0.15, 0.2) is 5.16 Å². The fourth-order valence-electron chi connectivity index (χ4n) is 2.62. The van der Waals surface area contributed by atoms with Crippen molar-refractivity contribution in [3.63, 3.8) is 0 Å². The molecular formula is C17H17ClFN3O2S. The quantitative estimate of drug-likeness (QED) is 0.817. The van der Waals surface area contributed by atoms with E-state index in [-0.39, 0.29) is 34.9 Å². The third-order valence-electron chi connectivity index (χ3n) is 3.93. The predicted molar refractivity (Wildman–Crippen MR) is 97.0 cm³/mol. The summed E-state index contributed by atoms with van der Waals surface area (Å²) in [5.41, 5.74) is 1.04. The molecule has 1 N–H and O–H groups in total. The molecule has 1 atom stereocenters. The summed E-state index contributed by atoms with van der Waals surface area (Å²) in [7, 11) is 0. The fraction of sp³-hybridized carbons (Fsp3) is 0.353. The first-order valence-corrected chi connectivity index (χ1v) is 9.22. The lowest BCUT2D eigenvalue weighted by molar-refractivity contribution is -0.116. The largest absolute Gasteiger partial charge is 0.326 e. The maximum atomic E-state index is 13.2. The van der Waals surface area contributed by atoms with Crippen molar-refractivity contribution in [3.8, 4) is 0 Å². The molecule has 0 unspecified atom stereocenters. The van der Waals surface area contributed by atoms with Crippen LogP contribution in [0, 0.1) is 5.82 Å². The van der Waals surface area contributed by atoms with Crippen LogP contribution in [0.25, 0.3) is 0 Å². The minimum atomic E-state index is -0.542. The van der Waals surface area contributed by atoms with E-state index in [0.29, 0.717) is 16.6 Å². The van der Waals surface area contributed by atoms with E-state index in [0.717, 1.165) is 5.69 Å². The Morgan fingerprint density at radius 3 is 2.92 bits per heavy atom. The minimum absolute atomic E-state index is 0.0544. The highest BCUT2D eigenvalue weighted by Crippen LogP contribution is 2.33. The first-order valence-electron chi connectivity index (χ1n) is 7.86. The average molecular weight is 382 g/mol. The molecule has 1 aromatic heterocycles. The van der Waals surface area contributed by atoms with Crippen LogP contribution in [0.1, 0.15) is 37.9 Å². The number of anilines is 1. The van der Waals surface area contributed by atoms with Crippen LogP contribution in [0.5, 0.6) is 0 Å². The summed E-state index contributed by atoms with van der Waals surface area (Å²) in [6, 6.07) is 5.27. The van der Waals surface area contributed by atoms with Crippen LogP contribution in [0.15, 0.2) is 34.2 Å². The number of carbonyl (C=O) groups excluding carboxylic acids is 1.